The molecule has 7 heteroatoms. The van der Waals surface area contributed by atoms with E-state index in [4.69, 9.17) is 21.0 Å². The van der Waals surface area contributed by atoms with Crippen LogP contribution in [0.25, 0.3) is 10.9 Å². The smallest absolute Gasteiger partial charge is 0.291 e. The first-order valence-corrected chi connectivity index (χ1v) is 10.1. The molecule has 2 aromatic carbocycles. The number of amides is 1. The number of carbonyl (C=O) groups is 1. The van der Waals surface area contributed by atoms with Gasteiger partial charge in [0.1, 0.15) is 5.82 Å². The normalized spacial score (nSPS) is 13.5. The van der Waals surface area contributed by atoms with Crippen molar-refractivity contribution in [2.45, 2.75) is 25.3 Å². The summed E-state index contributed by atoms with van der Waals surface area (Å²) in [6.45, 7) is 0.424. The molecule has 2 aromatic heterocycles. The van der Waals surface area contributed by atoms with E-state index in [2.05, 4.69) is 5.32 Å². The zero-order chi connectivity index (χ0) is 20.7. The second-order valence-corrected chi connectivity index (χ2v) is 7.86. The molecule has 2 heterocycles. The van der Waals surface area contributed by atoms with Crippen LogP contribution in [0.2, 0.25) is 5.02 Å². The van der Waals surface area contributed by atoms with Crippen molar-refractivity contribution in [2.75, 3.05) is 5.32 Å². The Morgan fingerprint density at radius 1 is 1.17 bits per heavy atom. The van der Waals surface area contributed by atoms with Gasteiger partial charge in [-0.15, -0.1) is 0 Å². The van der Waals surface area contributed by atoms with E-state index in [0.29, 0.717) is 34.1 Å². The molecule has 0 bridgehead atoms. The molecule has 6 nitrogen and oxygen atoms in total. The average molecular weight is 420 g/mol. The molecule has 30 heavy (non-hydrogen) atoms. The summed E-state index contributed by atoms with van der Waals surface area (Å²) in [5.74, 6) is 0.961. The van der Waals surface area contributed by atoms with Crippen molar-refractivity contribution in [3.05, 3.63) is 93.4 Å². The van der Waals surface area contributed by atoms with Crippen LogP contribution in [0.15, 0.2) is 70.1 Å². The number of hydrogen-bond donors (Lipinski definition) is 1. The minimum Gasteiger partial charge on any atom is -0.459 e. The number of rotatable bonds is 5. The van der Waals surface area contributed by atoms with Gasteiger partial charge in [-0.3, -0.25) is 14.2 Å². The Kier molecular flexibility index (Phi) is 4.64. The van der Waals surface area contributed by atoms with Crippen LogP contribution < -0.4 is 10.9 Å². The number of aromatic nitrogens is 2. The summed E-state index contributed by atoms with van der Waals surface area (Å²) in [7, 11) is 0. The number of fused-ring (bicyclic) bond motifs is 1. The first kappa shape index (κ1) is 18.6. The lowest BCUT2D eigenvalue weighted by Crippen LogP contribution is -2.26. The van der Waals surface area contributed by atoms with Crippen molar-refractivity contribution >= 4 is 34.1 Å². The van der Waals surface area contributed by atoms with Gasteiger partial charge in [-0.05, 0) is 60.9 Å². The molecule has 1 saturated carbocycles. The van der Waals surface area contributed by atoms with E-state index in [1.54, 1.807) is 34.9 Å². The van der Waals surface area contributed by atoms with Gasteiger partial charge in [-0.25, -0.2) is 4.98 Å². The van der Waals surface area contributed by atoms with Crippen LogP contribution in [0, 0.1) is 0 Å². The summed E-state index contributed by atoms with van der Waals surface area (Å²) in [6, 6.07) is 15.9. The highest BCUT2D eigenvalue weighted by molar-refractivity contribution is 6.30. The standard InChI is InChI=1S/C23H18ClN3O3/c24-16-7-3-14(4-8-16)13-27-21(15-5-6-15)26-19-10-9-17(12-18(19)23(27)29)25-22(28)20-2-1-11-30-20/h1-4,7-12,15H,5-6,13H2,(H,25,28). The molecule has 1 fully saturated rings. The quantitative estimate of drug-likeness (QED) is 0.503. The Morgan fingerprint density at radius 2 is 1.97 bits per heavy atom. The van der Waals surface area contributed by atoms with Crippen LogP contribution in [0.1, 0.15) is 40.7 Å². The summed E-state index contributed by atoms with van der Waals surface area (Å²) in [6.07, 6.45) is 3.51. The van der Waals surface area contributed by atoms with Crippen LogP contribution in [-0.4, -0.2) is 15.5 Å². The summed E-state index contributed by atoms with van der Waals surface area (Å²) >= 11 is 5.99. The van der Waals surface area contributed by atoms with Gasteiger partial charge in [0.05, 0.1) is 23.7 Å². The van der Waals surface area contributed by atoms with Crippen LogP contribution in [0.3, 0.4) is 0 Å². The summed E-state index contributed by atoms with van der Waals surface area (Å²) in [5.41, 5.74) is 2.00. The van der Waals surface area contributed by atoms with E-state index < -0.39 is 0 Å². The highest BCUT2D eigenvalue weighted by Crippen LogP contribution is 2.39. The van der Waals surface area contributed by atoms with Gasteiger partial charge in [0.2, 0.25) is 0 Å². The highest BCUT2D eigenvalue weighted by atomic mass is 35.5. The Balaban J connectivity index is 1.55. The molecular formula is C23H18ClN3O3. The SMILES string of the molecule is O=C(Nc1ccc2nc(C3CC3)n(Cc3ccc(Cl)cc3)c(=O)c2c1)c1ccco1. The monoisotopic (exact) mass is 419 g/mol. The van der Waals surface area contributed by atoms with Gasteiger partial charge in [0, 0.05) is 16.6 Å². The molecule has 0 atom stereocenters. The minimum absolute atomic E-state index is 0.119. The van der Waals surface area contributed by atoms with Crippen LogP contribution >= 0.6 is 11.6 Å². The van der Waals surface area contributed by atoms with Gasteiger partial charge in [-0.1, -0.05) is 23.7 Å². The van der Waals surface area contributed by atoms with E-state index in [1.165, 1.54) is 6.26 Å². The molecule has 1 N–H and O–H groups in total. The maximum Gasteiger partial charge on any atom is 0.291 e. The molecule has 4 aromatic rings. The molecule has 0 aliphatic heterocycles. The predicted octanol–water partition coefficient (Wildman–Crippen LogP) is 4.82. The first-order chi connectivity index (χ1) is 14.6. The number of benzene rings is 2. The van der Waals surface area contributed by atoms with Crippen molar-refractivity contribution < 1.29 is 9.21 Å². The maximum atomic E-state index is 13.4. The zero-order valence-electron chi connectivity index (χ0n) is 16.0. The average Bonchev–Trinajstić information content (AvgIpc) is 3.44. The van der Waals surface area contributed by atoms with Gasteiger partial charge in [-0.2, -0.15) is 0 Å². The molecule has 0 spiro atoms. The molecule has 1 aliphatic rings. The van der Waals surface area contributed by atoms with E-state index in [1.807, 2.05) is 24.3 Å². The number of furan rings is 1. The zero-order valence-corrected chi connectivity index (χ0v) is 16.7. The number of nitrogens with one attached hydrogen (secondary N) is 1. The van der Waals surface area contributed by atoms with Crippen molar-refractivity contribution in [3.63, 3.8) is 0 Å². The molecule has 0 unspecified atom stereocenters. The van der Waals surface area contributed by atoms with Crippen LogP contribution in [-0.2, 0) is 6.54 Å². The molecule has 5 rings (SSSR count). The molecule has 0 saturated heterocycles. The topological polar surface area (TPSA) is 77.1 Å². The molecular weight excluding hydrogens is 402 g/mol. The fourth-order valence-corrected chi connectivity index (χ4v) is 3.62. The third-order valence-corrected chi connectivity index (χ3v) is 5.43. The number of carbonyl (C=O) groups excluding carboxylic acids is 1. The fraction of sp³-hybridized carbons (Fsp3) is 0.174. The minimum atomic E-state index is -0.372. The third kappa shape index (κ3) is 3.62. The summed E-state index contributed by atoms with van der Waals surface area (Å²) in [5, 5.41) is 3.88. The van der Waals surface area contributed by atoms with Crippen LogP contribution in [0.4, 0.5) is 5.69 Å². The second kappa shape index (κ2) is 7.46. The third-order valence-electron chi connectivity index (χ3n) is 5.18. The van der Waals surface area contributed by atoms with Gasteiger partial charge in [0.25, 0.3) is 11.5 Å². The number of halogens is 1. The second-order valence-electron chi connectivity index (χ2n) is 7.43. The summed E-state index contributed by atoms with van der Waals surface area (Å²) in [4.78, 5) is 30.4. The molecule has 150 valence electrons. The van der Waals surface area contributed by atoms with Crippen LogP contribution in [0.5, 0.6) is 0 Å². The van der Waals surface area contributed by atoms with Crippen molar-refractivity contribution in [1.82, 2.24) is 9.55 Å². The lowest BCUT2D eigenvalue weighted by Gasteiger charge is -2.14. The van der Waals surface area contributed by atoms with Gasteiger partial charge in [0.15, 0.2) is 5.76 Å². The van der Waals surface area contributed by atoms with Gasteiger partial charge < -0.3 is 9.73 Å². The van der Waals surface area contributed by atoms with E-state index in [0.717, 1.165) is 24.2 Å². The number of anilines is 1. The summed E-state index contributed by atoms with van der Waals surface area (Å²) < 4.78 is 6.86. The molecule has 1 amide bonds. The Labute approximate surface area is 177 Å². The van der Waals surface area contributed by atoms with Crippen molar-refractivity contribution in [3.8, 4) is 0 Å². The lowest BCUT2D eigenvalue weighted by molar-refractivity contribution is 0.0996. The van der Waals surface area contributed by atoms with Crippen molar-refractivity contribution in [1.29, 1.82) is 0 Å². The molecule has 0 radical (unpaired) electrons. The van der Waals surface area contributed by atoms with Crippen molar-refractivity contribution in [2.24, 2.45) is 0 Å². The fourth-order valence-electron chi connectivity index (χ4n) is 3.49. The maximum absolute atomic E-state index is 13.4. The van der Waals surface area contributed by atoms with E-state index in [-0.39, 0.29) is 17.2 Å². The number of nitrogens with zero attached hydrogens (tertiary/aromatic N) is 2. The van der Waals surface area contributed by atoms with E-state index >= 15 is 0 Å². The Bertz CT molecular complexity index is 1290. The molecule has 1 aliphatic carbocycles. The van der Waals surface area contributed by atoms with E-state index in [9.17, 15) is 9.59 Å². The highest BCUT2D eigenvalue weighted by Gasteiger charge is 2.29. The Morgan fingerprint density at radius 3 is 2.67 bits per heavy atom. The lowest BCUT2D eigenvalue weighted by atomic mass is 10.1. The predicted molar refractivity (Wildman–Crippen MR) is 115 cm³/mol. The Hall–Kier alpha value is -3.38. The largest absolute Gasteiger partial charge is 0.459 e. The first-order valence-electron chi connectivity index (χ1n) is 9.72. The van der Waals surface area contributed by atoms with Gasteiger partial charge >= 0.3 is 0 Å². The number of hydrogen-bond acceptors (Lipinski definition) is 4.